The van der Waals surface area contributed by atoms with Gasteiger partial charge in [-0.05, 0) is 12.3 Å². The highest BCUT2D eigenvalue weighted by Gasteiger charge is 2.24. The van der Waals surface area contributed by atoms with Gasteiger partial charge >= 0.3 is 0 Å². The second-order valence-electron chi connectivity index (χ2n) is 3.33. The lowest BCUT2D eigenvalue weighted by Gasteiger charge is -2.14. The molecular formula is C8H13F2NO. The molecule has 0 radical (unpaired) electrons. The molecule has 0 aliphatic carbocycles. The zero-order chi connectivity index (χ0) is 9.14. The first-order valence-electron chi connectivity index (χ1n) is 4.15. The Morgan fingerprint density at radius 3 is 2.75 bits per heavy atom. The van der Waals surface area contributed by atoms with Gasteiger partial charge in [0.15, 0.2) is 0 Å². The van der Waals surface area contributed by atoms with Gasteiger partial charge in [0.1, 0.15) is 0 Å². The molecule has 0 aromatic carbocycles. The van der Waals surface area contributed by atoms with Crippen LogP contribution >= 0.6 is 0 Å². The largest absolute Gasteiger partial charge is 0.342 e. The Balaban J connectivity index is 2.33. The molecule has 0 N–H and O–H groups in total. The van der Waals surface area contributed by atoms with Crippen LogP contribution in [0.1, 0.15) is 19.8 Å². The molecule has 0 spiro atoms. The van der Waals surface area contributed by atoms with Crippen LogP contribution < -0.4 is 0 Å². The number of hydrogen-bond donors (Lipinski definition) is 0. The minimum atomic E-state index is -2.51. The van der Waals surface area contributed by atoms with E-state index in [4.69, 9.17) is 0 Å². The van der Waals surface area contributed by atoms with Crippen LogP contribution in [0, 0.1) is 5.92 Å². The topological polar surface area (TPSA) is 20.3 Å². The Kier molecular flexibility index (Phi) is 3.00. The number of rotatable bonds is 2. The highest BCUT2D eigenvalue weighted by molar-refractivity contribution is 5.76. The summed E-state index contributed by atoms with van der Waals surface area (Å²) in [4.78, 5) is 12.6. The first-order valence-corrected chi connectivity index (χ1v) is 4.15. The molecule has 0 aromatic rings. The molecule has 1 heterocycles. The minimum Gasteiger partial charge on any atom is -0.342 e. The predicted molar refractivity (Wildman–Crippen MR) is 41.0 cm³/mol. The Hall–Kier alpha value is -0.670. The molecule has 0 aromatic heterocycles. The third kappa shape index (κ3) is 2.43. The summed E-state index contributed by atoms with van der Waals surface area (Å²) in [5.74, 6) is 0.0565. The summed E-state index contributed by atoms with van der Waals surface area (Å²) in [7, 11) is 0. The van der Waals surface area contributed by atoms with Gasteiger partial charge in [0.25, 0.3) is 0 Å². The van der Waals surface area contributed by atoms with E-state index in [1.54, 1.807) is 0 Å². The second-order valence-corrected chi connectivity index (χ2v) is 3.33. The molecule has 0 bridgehead atoms. The van der Waals surface area contributed by atoms with E-state index in [-0.39, 0.29) is 0 Å². The number of nitrogens with zero attached hydrogens (tertiary/aromatic N) is 1. The van der Waals surface area contributed by atoms with E-state index in [1.165, 1.54) is 4.90 Å². The highest BCUT2D eigenvalue weighted by atomic mass is 19.3. The molecule has 1 amide bonds. The predicted octanol–water partition coefficient (Wildman–Crippen LogP) is 1.51. The lowest BCUT2D eigenvalue weighted by molar-refractivity contribution is -0.132. The van der Waals surface area contributed by atoms with Crippen molar-refractivity contribution in [2.45, 2.75) is 26.2 Å². The zero-order valence-corrected chi connectivity index (χ0v) is 7.09. The van der Waals surface area contributed by atoms with Gasteiger partial charge in [-0.1, -0.05) is 6.92 Å². The number of halogens is 2. The fraction of sp³-hybridized carbons (Fsp3) is 0.875. The molecule has 4 heteroatoms. The van der Waals surface area contributed by atoms with Crippen molar-refractivity contribution >= 4 is 5.91 Å². The van der Waals surface area contributed by atoms with E-state index >= 15 is 0 Å². The van der Waals surface area contributed by atoms with Crippen LogP contribution in [-0.4, -0.2) is 30.3 Å². The Morgan fingerprint density at radius 2 is 2.33 bits per heavy atom. The van der Waals surface area contributed by atoms with Gasteiger partial charge in [0.05, 0.1) is 6.42 Å². The van der Waals surface area contributed by atoms with Crippen LogP contribution in [0.3, 0.4) is 0 Å². The van der Waals surface area contributed by atoms with Crippen molar-refractivity contribution in [2.75, 3.05) is 13.1 Å². The number of alkyl halides is 2. The second kappa shape index (κ2) is 3.83. The first-order chi connectivity index (χ1) is 5.59. The molecule has 1 aliphatic heterocycles. The molecule has 1 saturated heterocycles. The van der Waals surface area contributed by atoms with Crippen LogP contribution in [0.4, 0.5) is 8.78 Å². The molecule has 12 heavy (non-hydrogen) atoms. The summed E-state index contributed by atoms with van der Waals surface area (Å²) in [6, 6.07) is 0. The smallest absolute Gasteiger partial charge is 0.247 e. The number of carbonyl (C=O) groups excluding carboxylic acids is 1. The summed E-state index contributed by atoms with van der Waals surface area (Å²) >= 11 is 0. The average molecular weight is 177 g/mol. The van der Waals surface area contributed by atoms with Crippen molar-refractivity contribution in [2.24, 2.45) is 5.92 Å². The molecule has 1 aliphatic rings. The van der Waals surface area contributed by atoms with E-state index in [0.717, 1.165) is 6.42 Å². The lowest BCUT2D eigenvalue weighted by Crippen LogP contribution is -2.29. The van der Waals surface area contributed by atoms with Gasteiger partial charge in [0.2, 0.25) is 12.3 Å². The Morgan fingerprint density at radius 1 is 1.67 bits per heavy atom. The Labute approximate surface area is 70.5 Å². The van der Waals surface area contributed by atoms with Crippen LogP contribution in [0.25, 0.3) is 0 Å². The number of amides is 1. The quantitative estimate of drug-likeness (QED) is 0.626. The monoisotopic (exact) mass is 177 g/mol. The average Bonchev–Trinajstić information content (AvgIpc) is 2.34. The summed E-state index contributed by atoms with van der Waals surface area (Å²) in [5.41, 5.74) is 0. The minimum absolute atomic E-state index is 0.408. The number of hydrogen-bond acceptors (Lipinski definition) is 1. The number of carbonyl (C=O) groups is 1. The van der Waals surface area contributed by atoms with Crippen LogP contribution in [0.2, 0.25) is 0 Å². The summed E-state index contributed by atoms with van der Waals surface area (Å²) in [6.07, 6.45) is -2.18. The van der Waals surface area contributed by atoms with Crippen molar-refractivity contribution in [3.05, 3.63) is 0 Å². The molecule has 1 atom stereocenters. The van der Waals surface area contributed by atoms with Crippen molar-refractivity contribution in [1.82, 2.24) is 4.90 Å². The SMILES string of the molecule is CC1CCN(C(=O)CC(F)F)C1. The van der Waals surface area contributed by atoms with E-state index in [9.17, 15) is 13.6 Å². The van der Waals surface area contributed by atoms with Gasteiger partial charge in [0, 0.05) is 13.1 Å². The standard InChI is InChI=1S/C8H13F2NO/c1-6-2-3-11(5-6)8(12)4-7(9)10/h6-7H,2-5H2,1H3. The maximum atomic E-state index is 11.8. The highest BCUT2D eigenvalue weighted by Crippen LogP contribution is 2.16. The van der Waals surface area contributed by atoms with Gasteiger partial charge in [-0.3, -0.25) is 4.79 Å². The number of likely N-dealkylation sites (tertiary alicyclic amines) is 1. The molecule has 1 fully saturated rings. The normalized spacial score (nSPS) is 23.7. The summed E-state index contributed by atoms with van der Waals surface area (Å²) in [5, 5.41) is 0. The van der Waals surface area contributed by atoms with Gasteiger partial charge in [-0.2, -0.15) is 0 Å². The summed E-state index contributed by atoms with van der Waals surface area (Å²) < 4.78 is 23.6. The molecule has 1 rings (SSSR count). The van der Waals surface area contributed by atoms with Crippen LogP contribution in [-0.2, 0) is 4.79 Å². The molecule has 0 saturated carbocycles. The molecular weight excluding hydrogens is 164 g/mol. The van der Waals surface area contributed by atoms with E-state index < -0.39 is 18.8 Å². The van der Waals surface area contributed by atoms with E-state index in [0.29, 0.717) is 19.0 Å². The third-order valence-electron chi connectivity index (χ3n) is 2.11. The zero-order valence-electron chi connectivity index (χ0n) is 7.09. The van der Waals surface area contributed by atoms with Crippen molar-refractivity contribution < 1.29 is 13.6 Å². The molecule has 1 unspecified atom stereocenters. The fourth-order valence-electron chi connectivity index (χ4n) is 1.42. The van der Waals surface area contributed by atoms with Crippen molar-refractivity contribution in [3.63, 3.8) is 0 Å². The Bertz CT molecular complexity index is 172. The first kappa shape index (κ1) is 9.42. The van der Waals surface area contributed by atoms with Crippen LogP contribution in [0.15, 0.2) is 0 Å². The van der Waals surface area contributed by atoms with E-state index in [2.05, 4.69) is 0 Å². The third-order valence-corrected chi connectivity index (χ3v) is 2.11. The van der Waals surface area contributed by atoms with Crippen molar-refractivity contribution in [3.8, 4) is 0 Å². The van der Waals surface area contributed by atoms with Crippen molar-refractivity contribution in [1.29, 1.82) is 0 Å². The summed E-state index contributed by atoms with van der Waals surface area (Å²) in [6.45, 7) is 3.31. The van der Waals surface area contributed by atoms with Gasteiger partial charge in [-0.25, -0.2) is 8.78 Å². The molecule has 2 nitrogen and oxygen atoms in total. The fourth-order valence-corrected chi connectivity index (χ4v) is 1.42. The maximum Gasteiger partial charge on any atom is 0.247 e. The maximum absolute atomic E-state index is 11.8. The van der Waals surface area contributed by atoms with Gasteiger partial charge in [-0.15, -0.1) is 0 Å². The van der Waals surface area contributed by atoms with Crippen LogP contribution in [0.5, 0.6) is 0 Å². The molecule has 70 valence electrons. The van der Waals surface area contributed by atoms with Gasteiger partial charge < -0.3 is 4.90 Å². The lowest BCUT2D eigenvalue weighted by atomic mass is 10.2. The van der Waals surface area contributed by atoms with E-state index in [1.807, 2.05) is 6.92 Å².